The molecule has 2 rings (SSSR count). The molecular formula is C12H19N3S. The van der Waals surface area contributed by atoms with E-state index in [1.54, 1.807) is 11.3 Å². The van der Waals surface area contributed by atoms with Crippen LogP contribution in [-0.2, 0) is 6.54 Å². The molecule has 0 aliphatic carbocycles. The van der Waals surface area contributed by atoms with Crippen molar-refractivity contribution in [1.82, 2.24) is 14.7 Å². The molecule has 0 radical (unpaired) electrons. The predicted molar refractivity (Wildman–Crippen MR) is 68.9 cm³/mol. The first-order valence-corrected chi connectivity index (χ1v) is 6.82. The lowest BCUT2D eigenvalue weighted by Gasteiger charge is -2.11. The minimum atomic E-state index is 0.583. The highest BCUT2D eigenvalue weighted by atomic mass is 32.1. The molecule has 2 aromatic rings. The van der Waals surface area contributed by atoms with E-state index >= 15 is 0 Å². The van der Waals surface area contributed by atoms with Crippen LogP contribution >= 0.6 is 11.3 Å². The zero-order valence-corrected chi connectivity index (χ0v) is 10.8. The zero-order chi connectivity index (χ0) is 11.4. The average molecular weight is 237 g/mol. The van der Waals surface area contributed by atoms with E-state index < -0.39 is 0 Å². The van der Waals surface area contributed by atoms with Crippen LogP contribution in [0.3, 0.4) is 0 Å². The number of aromatic nitrogens is 2. The van der Waals surface area contributed by atoms with E-state index in [-0.39, 0.29) is 0 Å². The average Bonchev–Trinajstić information content (AvgIpc) is 2.83. The molecule has 0 aliphatic heterocycles. The van der Waals surface area contributed by atoms with Gasteiger partial charge in [0.2, 0.25) is 0 Å². The minimum Gasteiger partial charge on any atom is -0.309 e. The lowest BCUT2D eigenvalue weighted by Crippen LogP contribution is -2.25. The van der Waals surface area contributed by atoms with Crippen molar-refractivity contribution in [2.75, 3.05) is 0 Å². The van der Waals surface area contributed by atoms with Gasteiger partial charge in [-0.1, -0.05) is 19.8 Å². The normalized spacial score (nSPS) is 13.4. The van der Waals surface area contributed by atoms with E-state index in [0.717, 1.165) is 17.2 Å². The molecule has 1 atom stereocenters. The molecule has 2 aromatic heterocycles. The number of nitrogens with one attached hydrogen (secondary N) is 1. The quantitative estimate of drug-likeness (QED) is 0.836. The Bertz CT molecular complexity index is 404. The van der Waals surface area contributed by atoms with Crippen molar-refractivity contribution >= 4 is 16.3 Å². The second-order valence-corrected chi connectivity index (χ2v) is 5.12. The van der Waals surface area contributed by atoms with Crippen molar-refractivity contribution in [2.45, 2.75) is 45.7 Å². The number of hydrogen-bond donors (Lipinski definition) is 1. The zero-order valence-electron chi connectivity index (χ0n) is 9.94. The Morgan fingerprint density at radius 1 is 1.56 bits per heavy atom. The molecule has 88 valence electrons. The fraction of sp³-hybridized carbons (Fsp3) is 0.583. The van der Waals surface area contributed by atoms with Crippen LogP contribution in [0.15, 0.2) is 17.8 Å². The highest BCUT2D eigenvalue weighted by molar-refractivity contribution is 7.15. The Labute approximate surface area is 101 Å². The van der Waals surface area contributed by atoms with E-state index in [2.05, 4.69) is 46.3 Å². The molecule has 0 saturated heterocycles. The summed E-state index contributed by atoms with van der Waals surface area (Å²) in [6, 6.07) is 0.583. The molecule has 0 spiro atoms. The fourth-order valence-corrected chi connectivity index (χ4v) is 2.47. The molecular weight excluding hydrogens is 218 g/mol. The molecule has 0 fully saturated rings. The number of rotatable bonds is 6. The standard InChI is InChI=1S/C12H19N3S/c1-3-4-5-10(2)13-8-11-9-15-6-7-16-12(15)14-11/h6-7,9-10,13H,3-5,8H2,1-2H3. The van der Waals surface area contributed by atoms with Gasteiger partial charge in [-0.2, -0.15) is 0 Å². The van der Waals surface area contributed by atoms with Gasteiger partial charge in [-0.3, -0.25) is 4.40 Å². The Balaban J connectivity index is 1.83. The largest absolute Gasteiger partial charge is 0.309 e. The van der Waals surface area contributed by atoms with Gasteiger partial charge >= 0.3 is 0 Å². The summed E-state index contributed by atoms with van der Waals surface area (Å²) >= 11 is 1.68. The van der Waals surface area contributed by atoms with Gasteiger partial charge in [0.15, 0.2) is 4.96 Å². The molecule has 0 bridgehead atoms. The second-order valence-electron chi connectivity index (χ2n) is 4.25. The van der Waals surface area contributed by atoms with E-state index in [0.29, 0.717) is 6.04 Å². The van der Waals surface area contributed by atoms with Crippen molar-refractivity contribution in [3.8, 4) is 0 Å². The van der Waals surface area contributed by atoms with Gasteiger partial charge in [-0.25, -0.2) is 4.98 Å². The molecule has 16 heavy (non-hydrogen) atoms. The van der Waals surface area contributed by atoms with Gasteiger partial charge in [0.1, 0.15) is 0 Å². The number of hydrogen-bond acceptors (Lipinski definition) is 3. The lowest BCUT2D eigenvalue weighted by molar-refractivity contribution is 0.492. The fourth-order valence-electron chi connectivity index (χ4n) is 1.75. The maximum absolute atomic E-state index is 4.54. The summed E-state index contributed by atoms with van der Waals surface area (Å²) in [6.45, 7) is 5.35. The van der Waals surface area contributed by atoms with Crippen LogP contribution in [0.4, 0.5) is 0 Å². The van der Waals surface area contributed by atoms with Crippen LogP contribution in [0.2, 0.25) is 0 Å². The summed E-state index contributed by atoms with van der Waals surface area (Å²) in [5.41, 5.74) is 1.13. The molecule has 0 saturated carbocycles. The van der Waals surface area contributed by atoms with Crippen LogP contribution < -0.4 is 5.32 Å². The van der Waals surface area contributed by atoms with Crippen molar-refractivity contribution in [3.63, 3.8) is 0 Å². The first-order valence-electron chi connectivity index (χ1n) is 5.94. The van der Waals surface area contributed by atoms with Crippen molar-refractivity contribution in [1.29, 1.82) is 0 Å². The molecule has 0 aliphatic rings. The lowest BCUT2D eigenvalue weighted by atomic mass is 10.1. The molecule has 4 heteroatoms. The van der Waals surface area contributed by atoms with Crippen molar-refractivity contribution < 1.29 is 0 Å². The van der Waals surface area contributed by atoms with Gasteiger partial charge in [-0.15, -0.1) is 11.3 Å². The molecule has 1 N–H and O–H groups in total. The third-order valence-corrected chi connectivity index (χ3v) is 3.54. The molecule has 2 heterocycles. The third-order valence-electron chi connectivity index (χ3n) is 2.77. The monoisotopic (exact) mass is 237 g/mol. The van der Waals surface area contributed by atoms with Crippen molar-refractivity contribution in [2.24, 2.45) is 0 Å². The summed E-state index contributed by atoms with van der Waals surface area (Å²) in [6.07, 6.45) is 7.97. The summed E-state index contributed by atoms with van der Waals surface area (Å²) in [5, 5.41) is 5.57. The van der Waals surface area contributed by atoms with Gasteiger partial charge < -0.3 is 5.32 Å². The number of imidazole rings is 1. The summed E-state index contributed by atoms with van der Waals surface area (Å²) < 4.78 is 2.08. The van der Waals surface area contributed by atoms with Crippen molar-refractivity contribution in [3.05, 3.63) is 23.5 Å². The number of thiazole rings is 1. The van der Waals surface area contributed by atoms with Crippen LogP contribution in [0.5, 0.6) is 0 Å². The first kappa shape index (κ1) is 11.6. The predicted octanol–water partition coefficient (Wildman–Crippen LogP) is 3.06. The summed E-state index contributed by atoms with van der Waals surface area (Å²) in [5.74, 6) is 0. The maximum Gasteiger partial charge on any atom is 0.193 e. The van der Waals surface area contributed by atoms with Gasteiger partial charge in [0, 0.05) is 30.4 Å². The summed E-state index contributed by atoms with van der Waals surface area (Å²) in [7, 11) is 0. The van der Waals surface area contributed by atoms with Crippen LogP contribution in [-0.4, -0.2) is 15.4 Å². The number of fused-ring (bicyclic) bond motifs is 1. The van der Waals surface area contributed by atoms with E-state index in [9.17, 15) is 0 Å². The van der Waals surface area contributed by atoms with Crippen LogP contribution in [0.25, 0.3) is 4.96 Å². The topological polar surface area (TPSA) is 29.3 Å². The van der Waals surface area contributed by atoms with E-state index in [1.165, 1.54) is 19.3 Å². The van der Waals surface area contributed by atoms with Gasteiger partial charge in [-0.05, 0) is 13.3 Å². The minimum absolute atomic E-state index is 0.583. The molecule has 3 nitrogen and oxygen atoms in total. The molecule has 1 unspecified atom stereocenters. The second kappa shape index (κ2) is 5.46. The van der Waals surface area contributed by atoms with E-state index in [4.69, 9.17) is 0 Å². The van der Waals surface area contributed by atoms with Gasteiger partial charge in [0.05, 0.1) is 5.69 Å². The molecule has 0 aromatic carbocycles. The Hall–Kier alpha value is -0.870. The Morgan fingerprint density at radius 2 is 2.44 bits per heavy atom. The smallest absolute Gasteiger partial charge is 0.193 e. The van der Waals surface area contributed by atoms with E-state index in [1.807, 2.05) is 0 Å². The SMILES string of the molecule is CCCCC(C)NCc1cn2ccsc2n1. The first-order chi connectivity index (χ1) is 7.79. The van der Waals surface area contributed by atoms with Crippen LogP contribution in [0.1, 0.15) is 38.8 Å². The third kappa shape index (κ3) is 2.83. The van der Waals surface area contributed by atoms with Gasteiger partial charge in [0.25, 0.3) is 0 Å². The Kier molecular flexibility index (Phi) is 3.96. The molecule has 0 amide bonds. The number of unbranched alkanes of at least 4 members (excludes halogenated alkanes) is 1. The highest BCUT2D eigenvalue weighted by Crippen LogP contribution is 2.11. The maximum atomic E-state index is 4.54. The number of nitrogens with zero attached hydrogens (tertiary/aromatic N) is 2. The summed E-state index contributed by atoms with van der Waals surface area (Å²) in [4.78, 5) is 5.63. The highest BCUT2D eigenvalue weighted by Gasteiger charge is 2.04. The van der Waals surface area contributed by atoms with Crippen LogP contribution in [0, 0.1) is 0 Å². The Morgan fingerprint density at radius 3 is 3.19 bits per heavy atom.